The van der Waals surface area contributed by atoms with Crippen LogP contribution in [0.5, 0.6) is 0 Å². The number of aryl methyl sites for hydroxylation is 1. The van der Waals surface area contributed by atoms with Crippen molar-refractivity contribution in [2.45, 2.75) is 31.8 Å². The van der Waals surface area contributed by atoms with E-state index in [0.29, 0.717) is 5.56 Å². The Bertz CT molecular complexity index is 627. The molecule has 1 aliphatic heterocycles. The van der Waals surface area contributed by atoms with Crippen molar-refractivity contribution in [1.82, 2.24) is 9.55 Å². The molecule has 2 heterocycles. The van der Waals surface area contributed by atoms with Crippen LogP contribution in [0.1, 0.15) is 18.2 Å². The fraction of sp³-hybridized carbons (Fsp3) is 0.600. The highest BCUT2D eigenvalue weighted by atomic mass is 33.1. The van der Waals surface area contributed by atoms with Gasteiger partial charge >= 0.3 is 5.69 Å². The van der Waals surface area contributed by atoms with Gasteiger partial charge in [0.05, 0.1) is 6.10 Å². The summed E-state index contributed by atoms with van der Waals surface area (Å²) in [7, 11) is 0. The third kappa shape index (κ3) is 4.32. The van der Waals surface area contributed by atoms with Gasteiger partial charge in [0.15, 0.2) is 0 Å². The highest BCUT2D eigenvalue weighted by Crippen LogP contribution is 2.53. The summed E-state index contributed by atoms with van der Waals surface area (Å²) < 4.78 is 11.5. The lowest BCUT2D eigenvalue weighted by Crippen LogP contribution is -2.33. The van der Waals surface area contributed by atoms with Crippen molar-refractivity contribution in [2.75, 3.05) is 6.61 Å². The van der Waals surface area contributed by atoms with E-state index >= 15 is 0 Å². The summed E-state index contributed by atoms with van der Waals surface area (Å²) in [5.74, 6) is 0. The number of hydrogen-bond donors (Lipinski definition) is 3. The van der Waals surface area contributed by atoms with Gasteiger partial charge in [0.25, 0.3) is 5.56 Å². The molecule has 1 aliphatic rings. The van der Waals surface area contributed by atoms with Gasteiger partial charge in [0, 0.05) is 36.5 Å². The van der Waals surface area contributed by atoms with Crippen LogP contribution in [0.15, 0.2) is 15.8 Å². The Morgan fingerprint density at radius 1 is 1.71 bits per heavy atom. The summed E-state index contributed by atoms with van der Waals surface area (Å²) in [5, 5.41) is 9.89. The Labute approximate surface area is 130 Å². The monoisotopic (exact) mass is 353 g/mol. The van der Waals surface area contributed by atoms with E-state index in [1.165, 1.54) is 10.8 Å². The molecular weight excluding hydrogens is 339 g/mol. The predicted octanol–water partition coefficient (Wildman–Crippen LogP) is -0.975. The van der Waals surface area contributed by atoms with E-state index in [2.05, 4.69) is 29.5 Å². The second-order valence-corrected chi connectivity index (χ2v) is 9.70. The number of aromatic nitrogens is 2. The Morgan fingerprint density at radius 3 is 3.00 bits per heavy atom. The second kappa shape index (κ2) is 6.41. The number of ether oxygens (including phenoxy) is 1. The van der Waals surface area contributed by atoms with Crippen LogP contribution in [0.4, 0.5) is 0 Å². The smallest absolute Gasteiger partial charge is 0.330 e. The first kappa shape index (κ1) is 17.0. The topological polar surface area (TPSA) is 117 Å². The number of rotatable bonds is 4. The molecule has 0 aromatic carbocycles. The van der Waals surface area contributed by atoms with E-state index in [-0.39, 0.29) is 13.0 Å². The number of nitrogens with one attached hydrogen (secondary N) is 1. The third-order valence-corrected chi connectivity index (χ3v) is 4.20. The molecule has 0 saturated carbocycles. The fourth-order valence-electron chi connectivity index (χ4n) is 2.00. The van der Waals surface area contributed by atoms with Crippen molar-refractivity contribution in [3.05, 3.63) is 32.6 Å². The van der Waals surface area contributed by atoms with Gasteiger partial charge in [0.2, 0.25) is 0 Å². The summed E-state index contributed by atoms with van der Waals surface area (Å²) in [6.45, 7) is 1.36. The molecule has 0 amide bonds. The van der Waals surface area contributed by atoms with Gasteiger partial charge < -0.3 is 27.0 Å². The molecule has 1 unspecified atom stereocenters. The number of nitrogens with zero attached hydrogens (tertiary/aromatic N) is 1. The van der Waals surface area contributed by atoms with E-state index in [1.54, 1.807) is 6.92 Å². The third-order valence-electron chi connectivity index (χ3n) is 3.06. The highest BCUT2D eigenvalue weighted by Gasteiger charge is 2.36. The van der Waals surface area contributed by atoms with Crippen LogP contribution < -0.4 is 16.1 Å². The molecular formula is C10H14N2O6PS2-. The van der Waals surface area contributed by atoms with Gasteiger partial charge in [-0.05, 0) is 6.92 Å². The van der Waals surface area contributed by atoms with E-state index in [4.69, 9.17) is 9.26 Å². The van der Waals surface area contributed by atoms with E-state index < -0.39 is 35.8 Å². The molecule has 0 bridgehead atoms. The number of thiol groups is 1. The van der Waals surface area contributed by atoms with Crippen molar-refractivity contribution >= 4 is 30.6 Å². The molecule has 1 fully saturated rings. The Hall–Kier alpha value is -0.350. The maximum absolute atomic E-state index is 11.8. The lowest BCUT2D eigenvalue weighted by molar-refractivity contribution is -0.179. The first-order valence-electron chi connectivity index (χ1n) is 6.01. The Morgan fingerprint density at radius 2 is 2.38 bits per heavy atom. The number of aromatic amines is 1. The molecule has 0 radical (unpaired) electrons. The quantitative estimate of drug-likeness (QED) is 0.362. The minimum atomic E-state index is -3.39. The summed E-state index contributed by atoms with van der Waals surface area (Å²) in [6, 6.07) is 0. The lowest BCUT2D eigenvalue weighted by Gasteiger charge is -2.29. The fourth-order valence-corrected chi connectivity index (χ4v) is 2.72. The minimum absolute atomic E-state index is 0.133. The maximum Gasteiger partial charge on any atom is 0.330 e. The van der Waals surface area contributed by atoms with Gasteiger partial charge in [-0.25, -0.2) is 4.79 Å². The predicted molar refractivity (Wildman–Crippen MR) is 79.8 cm³/mol. The zero-order chi connectivity index (χ0) is 15.8. The molecule has 2 rings (SSSR count). The van der Waals surface area contributed by atoms with Crippen molar-refractivity contribution in [2.24, 2.45) is 0 Å². The molecule has 1 aromatic heterocycles. The molecule has 0 aliphatic carbocycles. The molecule has 21 heavy (non-hydrogen) atoms. The molecule has 4 atom stereocenters. The Kier molecular flexibility index (Phi) is 5.19. The van der Waals surface area contributed by atoms with Crippen molar-refractivity contribution < 1.29 is 19.3 Å². The van der Waals surface area contributed by atoms with Crippen LogP contribution in [0.25, 0.3) is 0 Å². The average Bonchev–Trinajstić information content (AvgIpc) is 2.72. The van der Waals surface area contributed by atoms with Gasteiger partial charge in [0.1, 0.15) is 18.9 Å². The summed E-state index contributed by atoms with van der Waals surface area (Å²) in [4.78, 5) is 36.4. The number of hydrogen-bond acceptors (Lipinski definition) is 8. The minimum Gasteiger partial charge on any atom is -0.663 e. The van der Waals surface area contributed by atoms with Gasteiger partial charge in [-0.3, -0.25) is 18.9 Å². The largest absolute Gasteiger partial charge is 0.663 e. The van der Waals surface area contributed by atoms with Crippen LogP contribution in [-0.4, -0.2) is 33.5 Å². The standard InChI is InChI=1S/C10H15N2O6PS2/c1-5-3-12(10(15)11-9(5)14)8-2-6(13)7(18-8)4-17-19(16,20)21/h3,6-8,13H,2,4H2,1H3,(H,11,14,15)(H2,16,20,21)/p-1/t6-,7+,8+/m0/s1. The molecule has 1 aromatic rings. The maximum atomic E-state index is 11.8. The van der Waals surface area contributed by atoms with Crippen LogP contribution in [0, 0.1) is 6.92 Å². The zero-order valence-corrected chi connectivity index (χ0v) is 13.6. The lowest BCUT2D eigenvalue weighted by atomic mass is 10.2. The number of aliphatic hydroxyl groups is 1. The summed E-state index contributed by atoms with van der Waals surface area (Å²) in [5.41, 5.74) is -0.762. The van der Waals surface area contributed by atoms with Crippen LogP contribution in [0.3, 0.4) is 0 Å². The number of aliphatic hydroxyl groups excluding tert-OH is 1. The molecule has 1 saturated heterocycles. The average molecular weight is 353 g/mol. The molecule has 11 heteroatoms. The zero-order valence-electron chi connectivity index (χ0n) is 11.0. The molecule has 118 valence electrons. The van der Waals surface area contributed by atoms with E-state index in [1.807, 2.05) is 0 Å². The molecule has 2 N–H and O–H groups in total. The van der Waals surface area contributed by atoms with E-state index in [9.17, 15) is 19.6 Å². The van der Waals surface area contributed by atoms with Gasteiger partial charge in [-0.2, -0.15) is 0 Å². The first-order valence-corrected chi connectivity index (χ1v) is 9.80. The number of H-pyrrole nitrogens is 1. The van der Waals surface area contributed by atoms with Gasteiger partial charge in [-0.1, -0.05) is 0 Å². The summed E-state index contributed by atoms with van der Waals surface area (Å²) in [6.07, 6.45) is -4.34. The highest BCUT2D eigenvalue weighted by molar-refractivity contribution is 8.75. The SMILES string of the molecule is Cc1cn([C@H]2C[C@H](O)[C@@H](CO[P+]([O-])([S-])S)O2)c(=O)[nH]c1=O. The second-order valence-electron chi connectivity index (χ2n) is 4.68. The van der Waals surface area contributed by atoms with Crippen LogP contribution in [0.2, 0.25) is 0 Å². The van der Waals surface area contributed by atoms with Crippen LogP contribution >= 0.6 is 18.4 Å². The van der Waals surface area contributed by atoms with Gasteiger partial charge in [-0.15, -0.1) is 0 Å². The van der Waals surface area contributed by atoms with Crippen molar-refractivity contribution in [3.63, 3.8) is 0 Å². The molecule has 8 nitrogen and oxygen atoms in total. The molecule has 0 spiro atoms. The van der Waals surface area contributed by atoms with Crippen LogP contribution in [-0.2, 0) is 21.5 Å². The first-order chi connectivity index (χ1) is 9.67. The van der Waals surface area contributed by atoms with E-state index in [0.717, 1.165) is 0 Å². The Balaban J connectivity index is 2.12. The van der Waals surface area contributed by atoms with Crippen molar-refractivity contribution in [1.29, 1.82) is 0 Å². The normalized spacial score (nSPS) is 28.5. The van der Waals surface area contributed by atoms with Crippen molar-refractivity contribution in [3.8, 4) is 0 Å². The summed E-state index contributed by atoms with van der Waals surface area (Å²) >= 11 is 8.11.